The molecule has 0 saturated carbocycles. The summed E-state index contributed by atoms with van der Waals surface area (Å²) < 4.78 is 6.50. The van der Waals surface area contributed by atoms with Gasteiger partial charge in [-0.2, -0.15) is 0 Å². The van der Waals surface area contributed by atoms with Crippen LogP contribution in [-0.4, -0.2) is 27.1 Å². The van der Waals surface area contributed by atoms with Gasteiger partial charge in [0.25, 0.3) is 0 Å². The SMILES string of the molecule is Cc1ncc([N+](=O)[O-])n1CCOC(=O)/C=C/c1ccc(C(C)C)cc1. The third-order valence-corrected chi connectivity index (χ3v) is 3.80. The van der Waals surface area contributed by atoms with Crippen LogP contribution < -0.4 is 0 Å². The Bertz CT molecular complexity index is 776. The van der Waals surface area contributed by atoms with Crippen molar-refractivity contribution < 1.29 is 14.5 Å². The summed E-state index contributed by atoms with van der Waals surface area (Å²) in [5, 5.41) is 10.9. The lowest BCUT2D eigenvalue weighted by atomic mass is 10.0. The van der Waals surface area contributed by atoms with Crippen molar-refractivity contribution in [1.82, 2.24) is 9.55 Å². The minimum absolute atomic E-state index is 0.0352. The topological polar surface area (TPSA) is 87.3 Å². The van der Waals surface area contributed by atoms with Gasteiger partial charge in [-0.3, -0.25) is 0 Å². The maximum atomic E-state index is 11.8. The standard InChI is InChI=1S/C18H21N3O4/c1-13(2)16-7-4-15(5-8-16)6-9-18(22)25-11-10-20-14(3)19-12-17(20)21(23)24/h4-9,12-13H,10-11H2,1-3H3/b9-6+. The molecule has 2 aromatic rings. The van der Waals surface area contributed by atoms with Gasteiger partial charge in [-0.15, -0.1) is 0 Å². The van der Waals surface area contributed by atoms with Crippen LogP contribution in [0, 0.1) is 17.0 Å². The van der Waals surface area contributed by atoms with Crippen molar-refractivity contribution >= 4 is 17.9 Å². The van der Waals surface area contributed by atoms with Crippen molar-refractivity contribution in [1.29, 1.82) is 0 Å². The molecule has 0 aliphatic rings. The largest absolute Gasteiger partial charge is 0.458 e. The second-order valence-corrected chi connectivity index (χ2v) is 5.89. The Morgan fingerprint density at radius 3 is 2.64 bits per heavy atom. The van der Waals surface area contributed by atoms with Gasteiger partial charge in [0, 0.05) is 13.0 Å². The van der Waals surface area contributed by atoms with Gasteiger partial charge < -0.3 is 14.9 Å². The number of carbonyl (C=O) groups excluding carboxylic acids is 1. The molecule has 25 heavy (non-hydrogen) atoms. The van der Waals surface area contributed by atoms with Crippen LogP contribution in [0.1, 0.15) is 36.7 Å². The van der Waals surface area contributed by atoms with Gasteiger partial charge in [0.1, 0.15) is 19.3 Å². The predicted octanol–water partition coefficient (Wildman–Crippen LogP) is 3.48. The van der Waals surface area contributed by atoms with E-state index >= 15 is 0 Å². The van der Waals surface area contributed by atoms with Crippen LogP contribution in [0.4, 0.5) is 5.82 Å². The monoisotopic (exact) mass is 343 g/mol. The van der Waals surface area contributed by atoms with Crippen molar-refractivity contribution in [2.75, 3.05) is 6.61 Å². The Morgan fingerprint density at radius 2 is 2.04 bits per heavy atom. The molecule has 0 fully saturated rings. The van der Waals surface area contributed by atoms with Crippen LogP contribution in [0.5, 0.6) is 0 Å². The van der Waals surface area contributed by atoms with Crippen LogP contribution in [-0.2, 0) is 16.1 Å². The molecule has 1 aromatic heterocycles. The van der Waals surface area contributed by atoms with E-state index in [1.54, 1.807) is 13.0 Å². The molecule has 0 amide bonds. The first-order chi connectivity index (χ1) is 11.9. The normalized spacial score (nSPS) is 11.2. The molecule has 0 spiro atoms. The predicted molar refractivity (Wildman–Crippen MR) is 94.1 cm³/mol. The minimum Gasteiger partial charge on any atom is -0.458 e. The number of aromatic nitrogens is 2. The lowest BCUT2D eigenvalue weighted by Crippen LogP contribution is -2.12. The highest BCUT2D eigenvalue weighted by molar-refractivity contribution is 5.87. The number of nitrogens with zero attached hydrogens (tertiary/aromatic N) is 3. The molecule has 0 unspecified atom stereocenters. The zero-order chi connectivity index (χ0) is 18.4. The number of nitro groups is 1. The van der Waals surface area contributed by atoms with Crippen LogP contribution in [0.15, 0.2) is 36.5 Å². The second kappa shape index (κ2) is 8.23. The van der Waals surface area contributed by atoms with Gasteiger partial charge >= 0.3 is 11.8 Å². The van der Waals surface area contributed by atoms with Gasteiger partial charge in [-0.25, -0.2) is 14.3 Å². The van der Waals surface area contributed by atoms with E-state index in [2.05, 4.69) is 18.8 Å². The van der Waals surface area contributed by atoms with Gasteiger partial charge in [0.2, 0.25) is 0 Å². The van der Waals surface area contributed by atoms with E-state index in [0.717, 1.165) is 5.56 Å². The third kappa shape index (κ3) is 5.00. The highest BCUT2D eigenvalue weighted by Gasteiger charge is 2.17. The Balaban J connectivity index is 1.86. The molecule has 2 rings (SSSR count). The second-order valence-electron chi connectivity index (χ2n) is 5.89. The van der Waals surface area contributed by atoms with Gasteiger partial charge in [0.15, 0.2) is 5.82 Å². The van der Waals surface area contributed by atoms with Crippen LogP contribution in [0.2, 0.25) is 0 Å². The average Bonchev–Trinajstić information content (AvgIpc) is 2.94. The van der Waals surface area contributed by atoms with Crippen molar-refractivity contribution in [3.63, 3.8) is 0 Å². The molecular formula is C18H21N3O4. The summed E-state index contributed by atoms with van der Waals surface area (Å²) in [6.45, 7) is 6.12. The first kappa shape index (κ1) is 18.4. The molecule has 0 atom stereocenters. The fraction of sp³-hybridized carbons (Fsp3) is 0.333. The van der Waals surface area contributed by atoms with E-state index in [9.17, 15) is 14.9 Å². The fourth-order valence-corrected chi connectivity index (χ4v) is 2.32. The molecule has 0 N–H and O–H groups in total. The Hall–Kier alpha value is -2.96. The van der Waals surface area contributed by atoms with E-state index in [4.69, 9.17) is 4.74 Å². The molecule has 0 radical (unpaired) electrons. The number of ether oxygens (including phenoxy) is 1. The number of esters is 1. The summed E-state index contributed by atoms with van der Waals surface area (Å²) in [5.41, 5.74) is 2.14. The quantitative estimate of drug-likeness (QED) is 0.332. The number of benzene rings is 1. The summed E-state index contributed by atoms with van der Waals surface area (Å²) in [6, 6.07) is 7.93. The van der Waals surface area contributed by atoms with E-state index in [1.165, 1.54) is 22.4 Å². The van der Waals surface area contributed by atoms with Crippen molar-refractivity contribution in [2.24, 2.45) is 0 Å². The first-order valence-corrected chi connectivity index (χ1v) is 8.00. The van der Waals surface area contributed by atoms with Crippen LogP contribution >= 0.6 is 0 Å². The highest BCUT2D eigenvalue weighted by Crippen LogP contribution is 2.15. The third-order valence-electron chi connectivity index (χ3n) is 3.80. The van der Waals surface area contributed by atoms with E-state index in [0.29, 0.717) is 11.7 Å². The maximum absolute atomic E-state index is 11.8. The fourth-order valence-electron chi connectivity index (χ4n) is 2.32. The molecule has 0 aliphatic heterocycles. The van der Waals surface area contributed by atoms with E-state index < -0.39 is 10.9 Å². The molecule has 7 heteroatoms. The van der Waals surface area contributed by atoms with Gasteiger partial charge in [-0.1, -0.05) is 38.1 Å². The summed E-state index contributed by atoms with van der Waals surface area (Å²) in [5.74, 6) is 0.352. The molecular weight excluding hydrogens is 322 g/mol. The summed E-state index contributed by atoms with van der Waals surface area (Å²) in [7, 11) is 0. The summed E-state index contributed by atoms with van der Waals surface area (Å²) >= 11 is 0. The lowest BCUT2D eigenvalue weighted by molar-refractivity contribution is -0.392. The molecule has 0 aliphatic carbocycles. The number of aryl methyl sites for hydroxylation is 1. The lowest BCUT2D eigenvalue weighted by Gasteiger charge is -2.05. The molecule has 0 saturated heterocycles. The van der Waals surface area contributed by atoms with Crippen molar-refractivity contribution in [3.8, 4) is 0 Å². The molecule has 1 heterocycles. The van der Waals surface area contributed by atoms with Crippen molar-refractivity contribution in [2.45, 2.75) is 33.2 Å². The zero-order valence-electron chi connectivity index (χ0n) is 14.5. The number of hydrogen-bond acceptors (Lipinski definition) is 5. The minimum atomic E-state index is -0.511. The molecule has 132 valence electrons. The van der Waals surface area contributed by atoms with E-state index in [-0.39, 0.29) is 19.0 Å². The summed E-state index contributed by atoms with van der Waals surface area (Å²) in [4.78, 5) is 26.0. The average molecular weight is 343 g/mol. The Labute approximate surface area is 146 Å². The van der Waals surface area contributed by atoms with Gasteiger partial charge in [0.05, 0.1) is 0 Å². The van der Waals surface area contributed by atoms with Crippen LogP contribution in [0.3, 0.4) is 0 Å². The summed E-state index contributed by atoms with van der Waals surface area (Å²) in [6.07, 6.45) is 4.22. The van der Waals surface area contributed by atoms with Crippen LogP contribution in [0.25, 0.3) is 6.08 Å². The molecule has 7 nitrogen and oxygen atoms in total. The molecule has 0 bridgehead atoms. The zero-order valence-corrected chi connectivity index (χ0v) is 14.5. The number of imidazole rings is 1. The first-order valence-electron chi connectivity index (χ1n) is 8.00. The number of rotatable bonds is 7. The van der Waals surface area contributed by atoms with Crippen molar-refractivity contribution in [3.05, 3.63) is 63.6 Å². The van der Waals surface area contributed by atoms with E-state index in [1.807, 2.05) is 24.3 Å². The Kier molecular flexibility index (Phi) is 6.05. The molecule has 1 aromatic carbocycles. The smallest absolute Gasteiger partial charge is 0.342 e. The number of carbonyl (C=O) groups is 1. The maximum Gasteiger partial charge on any atom is 0.342 e. The Morgan fingerprint density at radius 1 is 1.36 bits per heavy atom. The van der Waals surface area contributed by atoms with Gasteiger partial charge in [-0.05, 0) is 28.0 Å². The highest BCUT2D eigenvalue weighted by atomic mass is 16.6. The number of hydrogen-bond donors (Lipinski definition) is 0.